The van der Waals surface area contributed by atoms with Crippen LogP contribution in [0, 0.1) is 5.82 Å². The number of hydrogen-bond acceptors (Lipinski definition) is 4. The van der Waals surface area contributed by atoms with Crippen molar-refractivity contribution in [1.29, 1.82) is 0 Å². The Morgan fingerprint density at radius 2 is 1.79 bits per heavy atom. The van der Waals surface area contributed by atoms with Crippen molar-refractivity contribution in [1.82, 2.24) is 10.3 Å². The Morgan fingerprint density at radius 1 is 0.971 bits per heavy atom. The van der Waals surface area contributed by atoms with Gasteiger partial charge in [-0.05, 0) is 48.0 Å². The van der Waals surface area contributed by atoms with Gasteiger partial charge in [-0.25, -0.2) is 4.39 Å². The molecule has 4 aromatic rings. The highest BCUT2D eigenvalue weighted by Crippen LogP contribution is 2.42. The van der Waals surface area contributed by atoms with Crippen LogP contribution in [-0.4, -0.2) is 16.8 Å². The zero-order chi connectivity index (χ0) is 23.5. The van der Waals surface area contributed by atoms with Crippen LogP contribution < -0.4 is 10.2 Å². The standard InChI is InChI=1S/C27H20FN3O2S/c28-22-9-3-1-7-20(22)17-31-23-14-19(26(32)30-16-18-6-5-13-29-15-18)11-12-25(23)34-24-10-4-2-8-21(24)27(31)33/h1-15H,16-17H2,(H,30,32). The van der Waals surface area contributed by atoms with Crippen LogP contribution in [0.1, 0.15) is 31.8 Å². The normalized spacial score (nSPS) is 12.5. The fraction of sp³-hybridized carbons (Fsp3) is 0.0741. The highest BCUT2D eigenvalue weighted by atomic mass is 32.2. The lowest BCUT2D eigenvalue weighted by Gasteiger charge is -2.24. The molecule has 0 bridgehead atoms. The first kappa shape index (κ1) is 21.9. The van der Waals surface area contributed by atoms with Gasteiger partial charge < -0.3 is 10.2 Å². The van der Waals surface area contributed by atoms with Crippen LogP contribution in [0.4, 0.5) is 10.1 Å². The highest BCUT2D eigenvalue weighted by Gasteiger charge is 2.28. The van der Waals surface area contributed by atoms with Crippen LogP contribution in [0.15, 0.2) is 101 Å². The van der Waals surface area contributed by atoms with Crippen LogP contribution in [0.25, 0.3) is 0 Å². The van der Waals surface area contributed by atoms with Crippen molar-refractivity contribution in [2.24, 2.45) is 0 Å². The van der Waals surface area contributed by atoms with Crippen LogP contribution >= 0.6 is 11.8 Å². The maximum atomic E-state index is 14.5. The van der Waals surface area contributed by atoms with Crippen molar-refractivity contribution in [3.63, 3.8) is 0 Å². The smallest absolute Gasteiger partial charge is 0.259 e. The van der Waals surface area contributed by atoms with E-state index in [2.05, 4.69) is 10.3 Å². The molecule has 0 fully saturated rings. The van der Waals surface area contributed by atoms with Crippen LogP contribution in [0.3, 0.4) is 0 Å². The summed E-state index contributed by atoms with van der Waals surface area (Å²) in [5.41, 5.74) is 2.82. The summed E-state index contributed by atoms with van der Waals surface area (Å²) in [5.74, 6) is -0.887. The number of pyridine rings is 1. The van der Waals surface area contributed by atoms with Crippen LogP contribution in [-0.2, 0) is 13.1 Å². The number of hydrogen-bond donors (Lipinski definition) is 1. The molecule has 1 aliphatic heterocycles. The van der Waals surface area contributed by atoms with E-state index in [1.165, 1.54) is 17.8 Å². The SMILES string of the molecule is O=C(NCc1cccnc1)c1ccc2c(c1)N(Cc1ccccc1F)C(=O)c1ccccc1S2. The lowest BCUT2D eigenvalue weighted by molar-refractivity contribution is 0.0947. The zero-order valence-corrected chi connectivity index (χ0v) is 18.9. The molecule has 0 saturated heterocycles. The predicted octanol–water partition coefficient (Wildman–Crippen LogP) is 5.46. The predicted molar refractivity (Wildman–Crippen MR) is 129 cm³/mol. The average Bonchev–Trinajstić information content (AvgIpc) is 2.98. The molecule has 5 nitrogen and oxygen atoms in total. The van der Waals surface area contributed by atoms with Crippen LogP contribution in [0.5, 0.6) is 0 Å². The second-order valence-electron chi connectivity index (χ2n) is 7.81. The van der Waals surface area contributed by atoms with Crippen molar-refractivity contribution in [3.05, 3.63) is 119 Å². The van der Waals surface area contributed by atoms with E-state index in [1.54, 1.807) is 53.7 Å². The van der Waals surface area contributed by atoms with Gasteiger partial charge in [0.1, 0.15) is 5.82 Å². The minimum Gasteiger partial charge on any atom is -0.348 e. The summed E-state index contributed by atoms with van der Waals surface area (Å²) in [5, 5.41) is 2.89. The molecule has 1 N–H and O–H groups in total. The van der Waals surface area contributed by atoms with Crippen molar-refractivity contribution in [2.45, 2.75) is 22.9 Å². The van der Waals surface area contributed by atoms with Gasteiger partial charge in [0.05, 0.1) is 17.8 Å². The molecule has 5 rings (SSSR count). The summed E-state index contributed by atoms with van der Waals surface area (Å²) in [6.45, 7) is 0.385. The van der Waals surface area contributed by atoms with E-state index in [1.807, 2.05) is 36.4 Å². The first-order valence-electron chi connectivity index (χ1n) is 10.7. The molecule has 0 aliphatic carbocycles. The molecule has 1 aromatic heterocycles. The maximum Gasteiger partial charge on any atom is 0.259 e. The molecule has 0 saturated carbocycles. The number of nitrogens with zero attached hydrogens (tertiary/aromatic N) is 2. The van der Waals surface area contributed by atoms with E-state index in [9.17, 15) is 14.0 Å². The minimum absolute atomic E-state index is 0.0498. The fourth-order valence-electron chi connectivity index (χ4n) is 3.80. The highest BCUT2D eigenvalue weighted by molar-refractivity contribution is 7.99. The minimum atomic E-state index is -0.382. The molecule has 0 unspecified atom stereocenters. The molecule has 168 valence electrons. The lowest BCUT2D eigenvalue weighted by Crippen LogP contribution is -2.31. The Morgan fingerprint density at radius 3 is 2.62 bits per heavy atom. The number of nitrogens with one attached hydrogen (secondary N) is 1. The molecule has 0 radical (unpaired) electrons. The van der Waals surface area contributed by atoms with Crippen molar-refractivity contribution in [3.8, 4) is 0 Å². The molecular weight excluding hydrogens is 449 g/mol. The van der Waals surface area contributed by atoms with Gasteiger partial charge in [0, 0.05) is 39.9 Å². The summed E-state index contributed by atoms with van der Waals surface area (Å²) < 4.78 is 14.5. The zero-order valence-electron chi connectivity index (χ0n) is 18.1. The number of fused-ring (bicyclic) bond motifs is 2. The number of halogens is 1. The molecule has 34 heavy (non-hydrogen) atoms. The van der Waals surface area contributed by atoms with Gasteiger partial charge in [-0.2, -0.15) is 0 Å². The van der Waals surface area contributed by atoms with E-state index in [0.717, 1.165) is 15.4 Å². The first-order valence-corrected chi connectivity index (χ1v) is 11.5. The van der Waals surface area contributed by atoms with Gasteiger partial charge in [-0.3, -0.25) is 14.6 Å². The molecule has 0 atom stereocenters. The number of aromatic nitrogens is 1. The molecule has 2 amide bonds. The molecule has 7 heteroatoms. The molecule has 1 aliphatic rings. The van der Waals surface area contributed by atoms with E-state index >= 15 is 0 Å². The van der Waals surface area contributed by atoms with Gasteiger partial charge in [-0.1, -0.05) is 48.2 Å². The van der Waals surface area contributed by atoms with Crippen molar-refractivity contribution >= 4 is 29.3 Å². The first-order chi connectivity index (χ1) is 16.6. The number of carbonyl (C=O) groups excluding carboxylic acids is 2. The maximum absolute atomic E-state index is 14.5. The lowest BCUT2D eigenvalue weighted by atomic mass is 10.1. The van der Waals surface area contributed by atoms with Gasteiger partial charge in [0.15, 0.2) is 0 Å². The summed E-state index contributed by atoms with van der Waals surface area (Å²) in [7, 11) is 0. The van der Waals surface area contributed by atoms with Gasteiger partial charge in [0.25, 0.3) is 11.8 Å². The summed E-state index contributed by atoms with van der Waals surface area (Å²) >= 11 is 1.46. The Kier molecular flexibility index (Phi) is 6.10. The summed E-state index contributed by atoms with van der Waals surface area (Å²) in [6, 6.07) is 22.7. The van der Waals surface area contributed by atoms with Crippen molar-refractivity contribution < 1.29 is 14.0 Å². The van der Waals surface area contributed by atoms with Crippen LogP contribution in [0.2, 0.25) is 0 Å². The number of amides is 2. The Labute approximate surface area is 200 Å². The second-order valence-corrected chi connectivity index (χ2v) is 8.89. The van der Waals surface area contributed by atoms with E-state index in [0.29, 0.717) is 28.9 Å². The second kappa shape index (κ2) is 9.49. The summed E-state index contributed by atoms with van der Waals surface area (Å²) in [4.78, 5) is 33.7. The number of benzene rings is 3. The molecule has 3 aromatic carbocycles. The fourth-order valence-corrected chi connectivity index (χ4v) is 4.86. The average molecular weight is 470 g/mol. The van der Waals surface area contributed by atoms with E-state index in [-0.39, 0.29) is 24.2 Å². The monoisotopic (exact) mass is 469 g/mol. The van der Waals surface area contributed by atoms with Gasteiger partial charge >= 0.3 is 0 Å². The molecule has 2 heterocycles. The molecular formula is C27H20FN3O2S. The third-order valence-electron chi connectivity index (χ3n) is 5.56. The number of rotatable bonds is 5. The van der Waals surface area contributed by atoms with E-state index < -0.39 is 0 Å². The Hall–Kier alpha value is -3.97. The third kappa shape index (κ3) is 4.43. The van der Waals surface area contributed by atoms with Crippen molar-refractivity contribution in [2.75, 3.05) is 4.90 Å². The topological polar surface area (TPSA) is 62.3 Å². The Balaban J connectivity index is 1.51. The van der Waals surface area contributed by atoms with E-state index in [4.69, 9.17) is 0 Å². The molecule has 0 spiro atoms. The quantitative estimate of drug-likeness (QED) is 0.422. The number of anilines is 1. The largest absolute Gasteiger partial charge is 0.348 e. The number of carbonyl (C=O) groups is 2. The third-order valence-corrected chi connectivity index (χ3v) is 6.70. The Bertz CT molecular complexity index is 1380. The van der Waals surface area contributed by atoms with Gasteiger partial charge in [0.2, 0.25) is 0 Å². The van der Waals surface area contributed by atoms with Gasteiger partial charge in [-0.15, -0.1) is 0 Å². The summed E-state index contributed by atoms with van der Waals surface area (Å²) in [6.07, 6.45) is 3.37.